The van der Waals surface area contributed by atoms with Gasteiger partial charge in [0, 0.05) is 19.1 Å². The van der Waals surface area contributed by atoms with Crippen LogP contribution in [0.25, 0.3) is 0 Å². The fraction of sp³-hybridized carbons (Fsp3) is 1.00. The van der Waals surface area contributed by atoms with Gasteiger partial charge in [-0.3, -0.25) is 0 Å². The summed E-state index contributed by atoms with van der Waals surface area (Å²) in [5.74, 6) is 0. The van der Waals surface area contributed by atoms with Crippen molar-refractivity contribution in [3.05, 3.63) is 0 Å². The predicted octanol–water partition coefficient (Wildman–Crippen LogP) is 1.42. The summed E-state index contributed by atoms with van der Waals surface area (Å²) in [5, 5.41) is 0. The van der Waals surface area contributed by atoms with Crippen LogP contribution in [0.4, 0.5) is 0 Å². The standard InChI is InChI=1S/C10H22N2/c1-4-12(5-2)9-8-11(3)10-6-7-10/h10H,4-9H2,1-3H3. The first-order valence-electron chi connectivity index (χ1n) is 5.20. The van der Waals surface area contributed by atoms with Gasteiger partial charge in [0.1, 0.15) is 0 Å². The molecule has 0 bridgehead atoms. The number of hydrogen-bond acceptors (Lipinski definition) is 2. The molecule has 1 fully saturated rings. The number of hydrogen-bond donors (Lipinski definition) is 0. The fourth-order valence-corrected chi connectivity index (χ4v) is 1.54. The Morgan fingerprint density at radius 2 is 1.67 bits per heavy atom. The Hall–Kier alpha value is -0.0800. The third-order valence-electron chi connectivity index (χ3n) is 2.83. The van der Waals surface area contributed by atoms with Crippen molar-refractivity contribution in [2.24, 2.45) is 0 Å². The maximum Gasteiger partial charge on any atom is 0.0109 e. The average molecular weight is 170 g/mol. The van der Waals surface area contributed by atoms with Gasteiger partial charge in [-0.1, -0.05) is 13.8 Å². The van der Waals surface area contributed by atoms with Crippen LogP contribution in [0, 0.1) is 0 Å². The van der Waals surface area contributed by atoms with E-state index in [1.807, 2.05) is 0 Å². The molecule has 1 aliphatic rings. The van der Waals surface area contributed by atoms with E-state index >= 15 is 0 Å². The highest BCUT2D eigenvalue weighted by Crippen LogP contribution is 2.24. The summed E-state index contributed by atoms with van der Waals surface area (Å²) in [6, 6.07) is 0.917. The van der Waals surface area contributed by atoms with Crippen molar-refractivity contribution >= 4 is 0 Å². The Labute approximate surface area is 76.5 Å². The lowest BCUT2D eigenvalue weighted by Crippen LogP contribution is -2.34. The lowest BCUT2D eigenvalue weighted by Gasteiger charge is -2.22. The molecule has 0 aromatic heterocycles. The Morgan fingerprint density at radius 3 is 2.08 bits per heavy atom. The van der Waals surface area contributed by atoms with Crippen molar-refractivity contribution in [2.45, 2.75) is 32.7 Å². The summed E-state index contributed by atoms with van der Waals surface area (Å²) < 4.78 is 0. The molecule has 0 aromatic rings. The molecule has 1 aliphatic carbocycles. The number of rotatable bonds is 6. The monoisotopic (exact) mass is 170 g/mol. The van der Waals surface area contributed by atoms with Crippen LogP contribution in [-0.2, 0) is 0 Å². The van der Waals surface area contributed by atoms with Crippen molar-refractivity contribution < 1.29 is 0 Å². The van der Waals surface area contributed by atoms with Gasteiger partial charge in [0.15, 0.2) is 0 Å². The van der Waals surface area contributed by atoms with E-state index in [0.29, 0.717) is 0 Å². The van der Waals surface area contributed by atoms with E-state index < -0.39 is 0 Å². The van der Waals surface area contributed by atoms with Gasteiger partial charge in [0.25, 0.3) is 0 Å². The van der Waals surface area contributed by atoms with Crippen molar-refractivity contribution in [1.29, 1.82) is 0 Å². The van der Waals surface area contributed by atoms with Crippen LogP contribution in [0.3, 0.4) is 0 Å². The topological polar surface area (TPSA) is 6.48 Å². The Morgan fingerprint density at radius 1 is 1.08 bits per heavy atom. The summed E-state index contributed by atoms with van der Waals surface area (Å²) in [6.45, 7) is 9.33. The molecule has 0 saturated heterocycles. The molecule has 0 radical (unpaired) electrons. The Bertz CT molecular complexity index is 115. The summed E-state index contributed by atoms with van der Waals surface area (Å²) >= 11 is 0. The SMILES string of the molecule is CCN(CC)CCN(C)C1CC1. The van der Waals surface area contributed by atoms with Crippen LogP contribution < -0.4 is 0 Å². The van der Waals surface area contributed by atoms with Gasteiger partial charge in [-0.15, -0.1) is 0 Å². The highest BCUT2D eigenvalue weighted by Gasteiger charge is 2.25. The van der Waals surface area contributed by atoms with Gasteiger partial charge in [0.2, 0.25) is 0 Å². The van der Waals surface area contributed by atoms with E-state index in [1.54, 1.807) is 0 Å². The van der Waals surface area contributed by atoms with Gasteiger partial charge in [-0.05, 0) is 33.0 Å². The molecule has 1 rings (SSSR count). The molecule has 0 amide bonds. The molecule has 72 valence electrons. The molecule has 1 saturated carbocycles. The summed E-state index contributed by atoms with van der Waals surface area (Å²) in [7, 11) is 2.25. The van der Waals surface area contributed by atoms with Crippen LogP contribution in [0.2, 0.25) is 0 Å². The fourth-order valence-electron chi connectivity index (χ4n) is 1.54. The second kappa shape index (κ2) is 4.83. The molecule has 0 N–H and O–H groups in total. The predicted molar refractivity (Wildman–Crippen MR) is 53.4 cm³/mol. The van der Waals surface area contributed by atoms with Gasteiger partial charge in [-0.2, -0.15) is 0 Å². The zero-order chi connectivity index (χ0) is 8.97. The maximum absolute atomic E-state index is 2.50. The number of nitrogens with zero attached hydrogens (tertiary/aromatic N) is 2. The van der Waals surface area contributed by atoms with Crippen molar-refractivity contribution in [3.63, 3.8) is 0 Å². The zero-order valence-corrected chi connectivity index (χ0v) is 8.71. The van der Waals surface area contributed by atoms with Gasteiger partial charge in [0.05, 0.1) is 0 Å². The van der Waals surface area contributed by atoms with E-state index in [4.69, 9.17) is 0 Å². The minimum absolute atomic E-state index is 0.917. The van der Waals surface area contributed by atoms with Crippen LogP contribution in [0.1, 0.15) is 26.7 Å². The first-order chi connectivity index (χ1) is 5.77. The molecule has 0 spiro atoms. The molecule has 12 heavy (non-hydrogen) atoms. The van der Waals surface area contributed by atoms with Crippen LogP contribution >= 0.6 is 0 Å². The molecular weight excluding hydrogens is 148 g/mol. The Kier molecular flexibility index (Phi) is 4.02. The Balaban J connectivity index is 2.05. The summed E-state index contributed by atoms with van der Waals surface area (Å²) in [6.07, 6.45) is 2.85. The van der Waals surface area contributed by atoms with E-state index in [-0.39, 0.29) is 0 Å². The molecular formula is C10H22N2. The highest BCUT2D eigenvalue weighted by atomic mass is 15.2. The maximum atomic E-state index is 2.50. The first-order valence-corrected chi connectivity index (χ1v) is 5.20. The second-order valence-corrected chi connectivity index (χ2v) is 3.74. The van der Waals surface area contributed by atoms with Crippen LogP contribution in [0.5, 0.6) is 0 Å². The average Bonchev–Trinajstić information content (AvgIpc) is 2.88. The third-order valence-corrected chi connectivity index (χ3v) is 2.83. The quantitative estimate of drug-likeness (QED) is 0.595. The summed E-state index contributed by atoms with van der Waals surface area (Å²) in [4.78, 5) is 4.98. The molecule has 0 atom stereocenters. The molecule has 2 nitrogen and oxygen atoms in total. The minimum Gasteiger partial charge on any atom is -0.303 e. The minimum atomic E-state index is 0.917. The molecule has 0 unspecified atom stereocenters. The largest absolute Gasteiger partial charge is 0.303 e. The molecule has 2 heteroatoms. The van der Waals surface area contributed by atoms with Crippen molar-refractivity contribution in [1.82, 2.24) is 9.80 Å². The van der Waals surface area contributed by atoms with E-state index in [9.17, 15) is 0 Å². The van der Waals surface area contributed by atoms with Gasteiger partial charge < -0.3 is 9.80 Å². The molecule has 0 aromatic carbocycles. The highest BCUT2D eigenvalue weighted by molar-refractivity contribution is 4.82. The molecule has 0 aliphatic heterocycles. The van der Waals surface area contributed by atoms with Crippen LogP contribution in [-0.4, -0.2) is 49.1 Å². The van der Waals surface area contributed by atoms with E-state index in [2.05, 4.69) is 30.7 Å². The third kappa shape index (κ3) is 3.11. The van der Waals surface area contributed by atoms with E-state index in [0.717, 1.165) is 6.04 Å². The van der Waals surface area contributed by atoms with Gasteiger partial charge in [-0.25, -0.2) is 0 Å². The van der Waals surface area contributed by atoms with Crippen molar-refractivity contribution in [3.8, 4) is 0 Å². The lowest BCUT2D eigenvalue weighted by atomic mass is 10.4. The van der Waals surface area contributed by atoms with Crippen LogP contribution in [0.15, 0.2) is 0 Å². The normalized spacial score (nSPS) is 17.8. The summed E-state index contributed by atoms with van der Waals surface area (Å²) in [5.41, 5.74) is 0. The zero-order valence-electron chi connectivity index (χ0n) is 8.71. The van der Waals surface area contributed by atoms with Crippen molar-refractivity contribution in [2.75, 3.05) is 33.2 Å². The molecule has 0 heterocycles. The second-order valence-electron chi connectivity index (χ2n) is 3.74. The van der Waals surface area contributed by atoms with E-state index in [1.165, 1.54) is 39.0 Å². The smallest absolute Gasteiger partial charge is 0.0109 e. The lowest BCUT2D eigenvalue weighted by molar-refractivity contribution is 0.236. The number of likely N-dealkylation sites (N-methyl/N-ethyl adjacent to an activating group) is 2. The first kappa shape index (κ1) is 10.0. The van der Waals surface area contributed by atoms with Gasteiger partial charge >= 0.3 is 0 Å².